The minimum absolute atomic E-state index is 0.125. The summed E-state index contributed by atoms with van der Waals surface area (Å²) < 4.78 is 14.3. The zero-order valence-electron chi connectivity index (χ0n) is 12.2. The lowest BCUT2D eigenvalue weighted by molar-refractivity contribution is -0.124. The van der Waals surface area contributed by atoms with Gasteiger partial charge in [-0.15, -0.1) is 0 Å². The van der Waals surface area contributed by atoms with Gasteiger partial charge in [-0.2, -0.15) is 0 Å². The molecular weight excluding hydrogens is 271 g/mol. The Morgan fingerprint density at radius 1 is 1.43 bits per heavy atom. The topological polar surface area (TPSA) is 52.6 Å². The standard InChI is InChI=1S/C16H21FN2O2/c1-10(20)12-3-2-4-13(17)16(12)19-8-7-14-11(9-19)5-6-15(21)18-14/h2-4,10-11,14,20H,5-9H2,1H3,(H,18,21). The fraction of sp³-hybridized carbons (Fsp3) is 0.562. The predicted molar refractivity (Wildman–Crippen MR) is 78.5 cm³/mol. The van der Waals surface area contributed by atoms with Gasteiger partial charge < -0.3 is 15.3 Å². The van der Waals surface area contributed by atoms with Crippen LogP contribution in [0.15, 0.2) is 18.2 Å². The average molecular weight is 292 g/mol. The highest BCUT2D eigenvalue weighted by molar-refractivity contribution is 5.77. The second kappa shape index (κ2) is 5.64. The van der Waals surface area contributed by atoms with Gasteiger partial charge in [0.25, 0.3) is 0 Å². The first kappa shape index (κ1) is 14.3. The van der Waals surface area contributed by atoms with Crippen LogP contribution in [0.2, 0.25) is 0 Å². The lowest BCUT2D eigenvalue weighted by Gasteiger charge is -2.43. The van der Waals surface area contributed by atoms with Crippen LogP contribution in [0.25, 0.3) is 0 Å². The first-order valence-corrected chi connectivity index (χ1v) is 7.57. The van der Waals surface area contributed by atoms with Gasteiger partial charge in [0.15, 0.2) is 0 Å². The van der Waals surface area contributed by atoms with E-state index in [1.54, 1.807) is 19.1 Å². The Morgan fingerprint density at radius 3 is 3.00 bits per heavy atom. The number of carbonyl (C=O) groups excluding carboxylic acids is 1. The molecule has 0 aromatic heterocycles. The Kier molecular flexibility index (Phi) is 3.85. The maximum absolute atomic E-state index is 14.3. The lowest BCUT2D eigenvalue weighted by Crippen LogP contribution is -2.54. The summed E-state index contributed by atoms with van der Waals surface area (Å²) in [6.07, 6.45) is 1.53. The molecule has 3 rings (SSSR count). The number of nitrogens with one attached hydrogen (secondary N) is 1. The van der Waals surface area contributed by atoms with Crippen molar-refractivity contribution < 1.29 is 14.3 Å². The number of halogens is 1. The Bertz CT molecular complexity index is 547. The second-order valence-electron chi connectivity index (χ2n) is 6.06. The number of amides is 1. The number of aliphatic hydroxyl groups is 1. The number of carbonyl (C=O) groups is 1. The molecule has 0 radical (unpaired) electrons. The van der Waals surface area contributed by atoms with Crippen molar-refractivity contribution in [3.63, 3.8) is 0 Å². The minimum Gasteiger partial charge on any atom is -0.389 e. The molecule has 0 saturated carbocycles. The third kappa shape index (κ3) is 2.75. The van der Waals surface area contributed by atoms with E-state index < -0.39 is 6.10 Å². The van der Waals surface area contributed by atoms with Crippen molar-refractivity contribution in [2.24, 2.45) is 5.92 Å². The number of rotatable bonds is 2. The van der Waals surface area contributed by atoms with Gasteiger partial charge in [0, 0.05) is 31.1 Å². The van der Waals surface area contributed by atoms with Crippen LogP contribution in [0.1, 0.15) is 37.9 Å². The van der Waals surface area contributed by atoms with E-state index in [0.717, 1.165) is 19.4 Å². The third-order valence-corrected chi connectivity index (χ3v) is 4.61. The molecule has 1 aromatic carbocycles. The van der Waals surface area contributed by atoms with E-state index in [-0.39, 0.29) is 17.8 Å². The summed E-state index contributed by atoms with van der Waals surface area (Å²) in [4.78, 5) is 13.5. The number of aliphatic hydroxyl groups excluding tert-OH is 1. The SMILES string of the molecule is CC(O)c1cccc(F)c1N1CCC2NC(=O)CCC2C1. The molecule has 0 aliphatic carbocycles. The van der Waals surface area contributed by atoms with Crippen molar-refractivity contribution in [2.75, 3.05) is 18.0 Å². The maximum atomic E-state index is 14.3. The molecule has 2 aliphatic heterocycles. The van der Waals surface area contributed by atoms with E-state index in [1.165, 1.54) is 6.07 Å². The summed E-state index contributed by atoms with van der Waals surface area (Å²) in [7, 11) is 0. The van der Waals surface area contributed by atoms with Crippen molar-refractivity contribution in [1.29, 1.82) is 0 Å². The molecule has 2 N–H and O–H groups in total. The first-order valence-electron chi connectivity index (χ1n) is 7.57. The second-order valence-corrected chi connectivity index (χ2v) is 6.06. The van der Waals surface area contributed by atoms with Crippen molar-refractivity contribution in [3.8, 4) is 0 Å². The van der Waals surface area contributed by atoms with Gasteiger partial charge in [-0.05, 0) is 31.7 Å². The Morgan fingerprint density at radius 2 is 2.24 bits per heavy atom. The molecule has 1 aromatic rings. The summed E-state index contributed by atoms with van der Waals surface area (Å²) >= 11 is 0. The molecule has 114 valence electrons. The summed E-state index contributed by atoms with van der Waals surface area (Å²) in [5.74, 6) is 0.199. The summed E-state index contributed by atoms with van der Waals surface area (Å²) in [5, 5.41) is 12.9. The monoisotopic (exact) mass is 292 g/mol. The lowest BCUT2D eigenvalue weighted by atomic mass is 9.84. The molecule has 3 atom stereocenters. The number of piperidine rings is 2. The van der Waals surface area contributed by atoms with Gasteiger partial charge in [0.05, 0.1) is 11.8 Å². The van der Waals surface area contributed by atoms with Crippen LogP contribution >= 0.6 is 0 Å². The van der Waals surface area contributed by atoms with Gasteiger partial charge in [0.2, 0.25) is 5.91 Å². The highest BCUT2D eigenvalue weighted by Gasteiger charge is 2.35. The summed E-state index contributed by atoms with van der Waals surface area (Å²) in [5.41, 5.74) is 1.15. The number of para-hydroxylation sites is 1. The van der Waals surface area contributed by atoms with E-state index in [9.17, 15) is 14.3 Å². The number of hydrogen-bond acceptors (Lipinski definition) is 3. The largest absolute Gasteiger partial charge is 0.389 e. The molecule has 0 bridgehead atoms. The molecule has 4 nitrogen and oxygen atoms in total. The smallest absolute Gasteiger partial charge is 0.220 e. The van der Waals surface area contributed by atoms with Crippen molar-refractivity contribution in [2.45, 2.75) is 38.3 Å². The van der Waals surface area contributed by atoms with Gasteiger partial charge in [-0.3, -0.25) is 4.79 Å². The molecule has 2 fully saturated rings. The Hall–Kier alpha value is -1.62. The molecule has 3 unspecified atom stereocenters. The molecule has 0 spiro atoms. The van der Waals surface area contributed by atoms with E-state index in [1.807, 2.05) is 4.90 Å². The molecule has 21 heavy (non-hydrogen) atoms. The fourth-order valence-electron chi connectivity index (χ4n) is 3.52. The zero-order valence-corrected chi connectivity index (χ0v) is 12.2. The third-order valence-electron chi connectivity index (χ3n) is 4.61. The van der Waals surface area contributed by atoms with E-state index >= 15 is 0 Å². The molecule has 2 aliphatic rings. The fourth-order valence-corrected chi connectivity index (χ4v) is 3.52. The predicted octanol–water partition coefficient (Wildman–Crippen LogP) is 1.98. The van der Waals surface area contributed by atoms with Gasteiger partial charge in [-0.1, -0.05) is 12.1 Å². The quantitative estimate of drug-likeness (QED) is 0.876. The number of nitrogens with zero attached hydrogens (tertiary/aromatic N) is 1. The van der Waals surface area contributed by atoms with E-state index in [2.05, 4.69) is 5.32 Å². The molecular formula is C16H21FN2O2. The van der Waals surface area contributed by atoms with Crippen LogP contribution in [0.3, 0.4) is 0 Å². The number of benzene rings is 1. The van der Waals surface area contributed by atoms with Gasteiger partial charge >= 0.3 is 0 Å². The highest BCUT2D eigenvalue weighted by Crippen LogP contribution is 2.34. The normalized spacial score (nSPS) is 27.0. The maximum Gasteiger partial charge on any atom is 0.220 e. The van der Waals surface area contributed by atoms with Gasteiger partial charge in [0.1, 0.15) is 5.82 Å². The molecule has 1 amide bonds. The minimum atomic E-state index is -0.695. The average Bonchev–Trinajstić information content (AvgIpc) is 2.46. The van der Waals surface area contributed by atoms with Crippen LogP contribution in [-0.4, -0.2) is 30.1 Å². The van der Waals surface area contributed by atoms with Crippen LogP contribution in [0.4, 0.5) is 10.1 Å². The molecule has 2 heterocycles. The summed E-state index contributed by atoms with van der Waals surface area (Å²) in [6, 6.07) is 5.06. The van der Waals surface area contributed by atoms with Crippen LogP contribution in [0.5, 0.6) is 0 Å². The van der Waals surface area contributed by atoms with Crippen LogP contribution < -0.4 is 10.2 Å². The van der Waals surface area contributed by atoms with Crippen LogP contribution in [-0.2, 0) is 4.79 Å². The number of fused-ring (bicyclic) bond motifs is 1. The van der Waals surface area contributed by atoms with Crippen molar-refractivity contribution >= 4 is 11.6 Å². The highest BCUT2D eigenvalue weighted by atomic mass is 19.1. The van der Waals surface area contributed by atoms with Gasteiger partial charge in [-0.25, -0.2) is 4.39 Å². The number of anilines is 1. The van der Waals surface area contributed by atoms with Crippen molar-refractivity contribution in [1.82, 2.24) is 5.32 Å². The molecule has 5 heteroatoms. The van der Waals surface area contributed by atoms with Crippen LogP contribution in [0, 0.1) is 11.7 Å². The van der Waals surface area contributed by atoms with Crippen molar-refractivity contribution in [3.05, 3.63) is 29.6 Å². The Balaban J connectivity index is 1.84. The number of hydrogen-bond donors (Lipinski definition) is 2. The Labute approximate surface area is 124 Å². The zero-order chi connectivity index (χ0) is 15.0. The van der Waals surface area contributed by atoms with E-state index in [4.69, 9.17) is 0 Å². The molecule has 2 saturated heterocycles. The van der Waals surface area contributed by atoms with E-state index in [0.29, 0.717) is 30.1 Å². The first-order chi connectivity index (χ1) is 10.1. The summed E-state index contributed by atoms with van der Waals surface area (Å²) in [6.45, 7) is 3.08.